The Morgan fingerprint density at radius 3 is 2.05 bits per heavy atom. The number of hydrogen-bond donors (Lipinski definition) is 0. The third-order valence-electron chi connectivity index (χ3n) is 6.38. The minimum absolute atomic E-state index is 0.0143. The Bertz CT molecular complexity index is 1420. The summed E-state index contributed by atoms with van der Waals surface area (Å²) < 4.78 is 75.5. The van der Waals surface area contributed by atoms with Gasteiger partial charge in [-0.15, -0.1) is 13.2 Å². The van der Waals surface area contributed by atoms with E-state index in [-0.39, 0.29) is 23.4 Å². The quantitative estimate of drug-likeness (QED) is 0.132. The molecule has 4 rings (SSSR count). The first-order chi connectivity index (χ1) is 18.7. The maximum Gasteiger partial charge on any atom is 0.573 e. The Morgan fingerprint density at radius 1 is 0.975 bits per heavy atom. The lowest BCUT2D eigenvalue weighted by atomic mass is 9.90. The molecule has 1 aliphatic heterocycles. The van der Waals surface area contributed by atoms with E-state index in [1.54, 1.807) is 24.3 Å². The topological polar surface area (TPSA) is 91.0 Å². The summed E-state index contributed by atoms with van der Waals surface area (Å²) in [4.78, 5) is 28.2. The first-order valence-electron chi connectivity index (χ1n) is 12.0. The average molecular weight is 562 g/mol. The molecule has 1 heterocycles. The van der Waals surface area contributed by atoms with Gasteiger partial charge in [-0.05, 0) is 41.0 Å². The molecular formula is C28H23F5N2O5. The zero-order valence-electron chi connectivity index (χ0n) is 21.2. The van der Waals surface area contributed by atoms with Crippen molar-refractivity contribution in [2.45, 2.75) is 38.2 Å². The van der Waals surface area contributed by atoms with Crippen molar-refractivity contribution in [1.29, 1.82) is 0 Å². The highest BCUT2D eigenvalue weighted by atomic mass is 19.4. The normalized spacial score (nSPS) is 17.3. The predicted molar refractivity (Wildman–Crippen MR) is 134 cm³/mol. The molecule has 7 nitrogen and oxygen atoms in total. The summed E-state index contributed by atoms with van der Waals surface area (Å²) in [6.07, 6.45) is -4.98. The van der Waals surface area contributed by atoms with Crippen molar-refractivity contribution in [3.63, 3.8) is 0 Å². The molecular weight excluding hydrogens is 539 g/mol. The number of carbonyl (C=O) groups excluding carboxylic acids is 1. The SMILES string of the molecule is CC(C)(COC(=O)C1CC(c2c(F)cccc2F)=NC1c1ccc(-c2ccc(OC(F)(F)F)cc2)cc1)[N+](=O)[O-]. The first-order valence-corrected chi connectivity index (χ1v) is 12.0. The Kier molecular flexibility index (Phi) is 7.90. The number of esters is 1. The lowest BCUT2D eigenvalue weighted by Crippen LogP contribution is -2.38. The molecule has 0 aromatic heterocycles. The molecule has 0 bridgehead atoms. The smallest absolute Gasteiger partial charge is 0.458 e. The van der Waals surface area contributed by atoms with Crippen molar-refractivity contribution in [1.82, 2.24) is 0 Å². The van der Waals surface area contributed by atoms with Crippen LogP contribution in [0.4, 0.5) is 22.0 Å². The van der Waals surface area contributed by atoms with Gasteiger partial charge in [-0.1, -0.05) is 42.5 Å². The fourth-order valence-corrected chi connectivity index (χ4v) is 4.22. The van der Waals surface area contributed by atoms with Crippen molar-refractivity contribution in [3.8, 4) is 16.9 Å². The highest BCUT2D eigenvalue weighted by molar-refractivity contribution is 6.04. The summed E-state index contributed by atoms with van der Waals surface area (Å²) >= 11 is 0. The van der Waals surface area contributed by atoms with Gasteiger partial charge in [0, 0.05) is 30.9 Å². The van der Waals surface area contributed by atoms with Gasteiger partial charge >= 0.3 is 12.3 Å². The molecule has 0 saturated heterocycles. The van der Waals surface area contributed by atoms with E-state index in [1.165, 1.54) is 44.2 Å². The summed E-state index contributed by atoms with van der Waals surface area (Å²) in [5, 5.41) is 11.2. The molecule has 0 spiro atoms. The summed E-state index contributed by atoms with van der Waals surface area (Å²) in [7, 11) is 0. The van der Waals surface area contributed by atoms with Crippen LogP contribution in [0, 0.1) is 27.7 Å². The second-order valence-electron chi connectivity index (χ2n) is 9.80. The second-order valence-corrected chi connectivity index (χ2v) is 9.80. The van der Waals surface area contributed by atoms with Crippen molar-refractivity contribution in [2.75, 3.05) is 6.61 Å². The molecule has 0 N–H and O–H groups in total. The average Bonchev–Trinajstić information content (AvgIpc) is 3.32. The molecule has 0 radical (unpaired) electrons. The Balaban J connectivity index is 1.62. The molecule has 40 heavy (non-hydrogen) atoms. The zero-order chi connectivity index (χ0) is 29.2. The van der Waals surface area contributed by atoms with Crippen LogP contribution >= 0.6 is 0 Å². The summed E-state index contributed by atoms with van der Waals surface area (Å²) in [6.45, 7) is 2.07. The third kappa shape index (κ3) is 6.44. The highest BCUT2D eigenvalue weighted by Crippen LogP contribution is 2.39. The highest BCUT2D eigenvalue weighted by Gasteiger charge is 2.41. The van der Waals surface area contributed by atoms with Crippen LogP contribution in [0.2, 0.25) is 0 Å². The van der Waals surface area contributed by atoms with Crippen molar-refractivity contribution in [3.05, 3.63) is 99.6 Å². The van der Waals surface area contributed by atoms with Crippen molar-refractivity contribution < 1.29 is 41.1 Å². The summed E-state index contributed by atoms with van der Waals surface area (Å²) in [6, 6.07) is 14.2. The van der Waals surface area contributed by atoms with Crippen LogP contribution in [0.5, 0.6) is 5.75 Å². The maximum atomic E-state index is 14.5. The van der Waals surface area contributed by atoms with Crippen LogP contribution in [0.15, 0.2) is 71.7 Å². The number of alkyl halides is 3. The first kappa shape index (κ1) is 28.7. The maximum absolute atomic E-state index is 14.5. The lowest BCUT2D eigenvalue weighted by Gasteiger charge is -2.20. The van der Waals surface area contributed by atoms with E-state index in [1.807, 2.05) is 0 Å². The largest absolute Gasteiger partial charge is 0.573 e. The lowest BCUT2D eigenvalue weighted by molar-refractivity contribution is -0.563. The number of halogens is 5. The van der Waals surface area contributed by atoms with Crippen LogP contribution in [0.1, 0.15) is 37.4 Å². The molecule has 1 aliphatic rings. The number of ether oxygens (including phenoxy) is 2. The fraction of sp³-hybridized carbons (Fsp3) is 0.286. The third-order valence-corrected chi connectivity index (χ3v) is 6.38. The minimum Gasteiger partial charge on any atom is -0.458 e. The monoisotopic (exact) mass is 562 g/mol. The van der Waals surface area contributed by atoms with Gasteiger partial charge in [0.15, 0.2) is 6.61 Å². The van der Waals surface area contributed by atoms with Crippen LogP contribution in [0.3, 0.4) is 0 Å². The minimum atomic E-state index is -4.81. The van der Waals surface area contributed by atoms with Crippen LogP contribution < -0.4 is 4.74 Å². The van der Waals surface area contributed by atoms with E-state index in [4.69, 9.17) is 4.74 Å². The van der Waals surface area contributed by atoms with E-state index < -0.39 is 53.0 Å². The van der Waals surface area contributed by atoms with Gasteiger partial charge in [-0.2, -0.15) is 0 Å². The molecule has 2 atom stereocenters. The number of aliphatic imine (C=N–C) groups is 1. The molecule has 0 fully saturated rings. The fourth-order valence-electron chi connectivity index (χ4n) is 4.22. The van der Waals surface area contributed by atoms with Gasteiger partial charge in [0.2, 0.25) is 5.54 Å². The van der Waals surface area contributed by atoms with Crippen LogP contribution in [0.25, 0.3) is 11.1 Å². The number of benzene rings is 3. The summed E-state index contributed by atoms with van der Waals surface area (Å²) in [5.74, 6) is -3.90. The Morgan fingerprint density at radius 2 is 1.52 bits per heavy atom. The standard InChI is InChI=1S/C28H23F5N2O5/c1-27(2,35(37)38)15-39-26(36)20-14-23(24-21(29)4-3-5-22(24)30)34-25(20)18-8-6-16(7-9-18)17-10-12-19(13-11-17)40-28(31,32)33/h3-13,20,25H,14-15H2,1-2H3. The van der Waals surface area contributed by atoms with E-state index in [2.05, 4.69) is 9.73 Å². The molecule has 210 valence electrons. The number of carbonyl (C=O) groups is 1. The number of hydrogen-bond acceptors (Lipinski definition) is 6. The molecule has 2 unspecified atom stereocenters. The number of nitrogens with zero attached hydrogens (tertiary/aromatic N) is 2. The van der Waals surface area contributed by atoms with Crippen molar-refractivity contribution in [2.24, 2.45) is 10.9 Å². The molecule has 12 heteroatoms. The Hall–Kier alpha value is -4.35. The Labute approximate surface area is 225 Å². The number of nitro groups is 1. The van der Waals surface area contributed by atoms with Gasteiger partial charge in [0.25, 0.3) is 0 Å². The molecule has 0 saturated carbocycles. The molecule has 3 aromatic rings. The van der Waals surface area contributed by atoms with Gasteiger partial charge in [0.1, 0.15) is 17.4 Å². The van der Waals surface area contributed by atoms with Gasteiger partial charge in [-0.3, -0.25) is 19.9 Å². The van der Waals surface area contributed by atoms with Gasteiger partial charge in [0.05, 0.1) is 17.5 Å². The van der Waals surface area contributed by atoms with E-state index in [0.29, 0.717) is 16.7 Å². The zero-order valence-corrected chi connectivity index (χ0v) is 21.2. The van der Waals surface area contributed by atoms with Gasteiger partial charge in [-0.25, -0.2) is 8.78 Å². The second kappa shape index (κ2) is 11.0. The molecule has 3 aromatic carbocycles. The predicted octanol–water partition coefficient (Wildman–Crippen LogP) is 6.68. The van der Waals surface area contributed by atoms with E-state index in [9.17, 15) is 36.9 Å². The molecule has 0 amide bonds. The van der Waals surface area contributed by atoms with Crippen molar-refractivity contribution >= 4 is 11.7 Å². The van der Waals surface area contributed by atoms with E-state index in [0.717, 1.165) is 12.1 Å². The molecule has 0 aliphatic carbocycles. The summed E-state index contributed by atoms with van der Waals surface area (Å²) in [5.41, 5.74) is -0.179. The van der Waals surface area contributed by atoms with Crippen LogP contribution in [-0.4, -0.2) is 35.1 Å². The van der Waals surface area contributed by atoms with E-state index >= 15 is 0 Å². The van der Waals surface area contributed by atoms with Crippen LogP contribution in [-0.2, 0) is 9.53 Å². The number of rotatable bonds is 8. The van der Waals surface area contributed by atoms with Gasteiger partial charge < -0.3 is 9.47 Å².